The van der Waals surface area contributed by atoms with E-state index < -0.39 is 0 Å². The van der Waals surface area contributed by atoms with Gasteiger partial charge in [0, 0.05) is 5.92 Å². The van der Waals surface area contributed by atoms with Crippen molar-refractivity contribution in [2.45, 2.75) is 46.5 Å². The van der Waals surface area contributed by atoms with Crippen LogP contribution in [0.5, 0.6) is 5.75 Å². The van der Waals surface area contributed by atoms with Gasteiger partial charge in [0.05, 0.1) is 0 Å². The first-order valence-electron chi connectivity index (χ1n) is 6.30. The highest BCUT2D eigenvalue weighted by Gasteiger charge is 2.23. The van der Waals surface area contributed by atoms with Crippen molar-refractivity contribution in [3.8, 4) is 5.75 Å². The maximum absolute atomic E-state index is 9.33. The van der Waals surface area contributed by atoms with Crippen LogP contribution in [-0.2, 0) is 0 Å². The average Bonchev–Trinajstić information content (AvgIpc) is 2.27. The van der Waals surface area contributed by atoms with Gasteiger partial charge in [-0.3, -0.25) is 0 Å². The molecule has 0 heterocycles. The van der Waals surface area contributed by atoms with E-state index in [9.17, 15) is 5.11 Å². The van der Waals surface area contributed by atoms with Crippen LogP contribution in [0.1, 0.15) is 52.0 Å². The smallest absolute Gasteiger partial charge is 0.115 e. The molecule has 1 heteroatoms. The molecule has 0 amide bonds. The second-order valence-corrected chi connectivity index (χ2v) is 5.71. The van der Waals surface area contributed by atoms with Crippen molar-refractivity contribution in [3.63, 3.8) is 0 Å². The lowest BCUT2D eigenvalue weighted by molar-refractivity contribution is 0.305. The summed E-state index contributed by atoms with van der Waals surface area (Å²) in [6, 6.07) is 7.51. The fourth-order valence-electron chi connectivity index (χ4n) is 1.98. The Kier molecular flexibility index (Phi) is 4.39. The number of hydrogen-bond acceptors (Lipinski definition) is 1. The molecular weight excluding hydrogens is 208 g/mol. The second-order valence-electron chi connectivity index (χ2n) is 5.71. The van der Waals surface area contributed by atoms with E-state index in [0.717, 1.165) is 12.8 Å². The van der Waals surface area contributed by atoms with E-state index in [4.69, 9.17) is 0 Å². The summed E-state index contributed by atoms with van der Waals surface area (Å²) in [6.45, 7) is 13.0. The molecule has 1 atom stereocenters. The van der Waals surface area contributed by atoms with Gasteiger partial charge in [-0.15, -0.1) is 0 Å². The highest BCUT2D eigenvalue weighted by molar-refractivity contribution is 5.32. The summed E-state index contributed by atoms with van der Waals surface area (Å²) >= 11 is 0. The van der Waals surface area contributed by atoms with E-state index in [1.807, 2.05) is 12.1 Å². The number of phenolic OH excluding ortho intramolecular Hbond substituents is 1. The van der Waals surface area contributed by atoms with Gasteiger partial charge in [0.15, 0.2) is 0 Å². The Morgan fingerprint density at radius 1 is 1.29 bits per heavy atom. The standard InChI is InChI=1S/C16H24O/c1-6-16(4,5)11-15(12(2)3)13-7-9-14(17)10-8-13/h7-10,15,17H,2,6,11H2,1,3-5H3. The first-order valence-corrected chi connectivity index (χ1v) is 6.30. The van der Waals surface area contributed by atoms with Crippen LogP contribution >= 0.6 is 0 Å². The van der Waals surface area contributed by atoms with Crippen molar-refractivity contribution in [1.29, 1.82) is 0 Å². The first-order chi connectivity index (χ1) is 7.85. The van der Waals surface area contributed by atoms with E-state index in [1.54, 1.807) is 12.1 Å². The molecule has 1 N–H and O–H groups in total. The van der Waals surface area contributed by atoms with Crippen molar-refractivity contribution in [2.75, 3.05) is 0 Å². The minimum Gasteiger partial charge on any atom is -0.508 e. The van der Waals surface area contributed by atoms with E-state index in [0.29, 0.717) is 17.1 Å². The molecule has 1 aromatic carbocycles. The lowest BCUT2D eigenvalue weighted by atomic mass is 9.76. The zero-order valence-corrected chi connectivity index (χ0v) is 11.5. The third-order valence-corrected chi connectivity index (χ3v) is 3.60. The first kappa shape index (κ1) is 13.8. The zero-order valence-electron chi connectivity index (χ0n) is 11.5. The van der Waals surface area contributed by atoms with Crippen molar-refractivity contribution < 1.29 is 5.11 Å². The lowest BCUT2D eigenvalue weighted by Crippen LogP contribution is -2.15. The molecule has 1 aromatic rings. The molecule has 0 saturated carbocycles. The Bertz CT molecular complexity index is 373. The Morgan fingerprint density at radius 2 is 1.82 bits per heavy atom. The molecule has 0 aliphatic heterocycles. The fraction of sp³-hybridized carbons (Fsp3) is 0.500. The Balaban J connectivity index is 2.94. The number of benzene rings is 1. The van der Waals surface area contributed by atoms with Crippen LogP contribution in [0.15, 0.2) is 36.4 Å². The average molecular weight is 232 g/mol. The number of aromatic hydroxyl groups is 1. The summed E-state index contributed by atoms with van der Waals surface area (Å²) in [6.07, 6.45) is 2.26. The molecule has 0 spiro atoms. The van der Waals surface area contributed by atoms with Crippen LogP contribution in [0.25, 0.3) is 0 Å². The molecule has 1 unspecified atom stereocenters. The summed E-state index contributed by atoms with van der Waals surface area (Å²) in [5.74, 6) is 0.703. The van der Waals surface area contributed by atoms with Gasteiger partial charge >= 0.3 is 0 Å². The largest absolute Gasteiger partial charge is 0.508 e. The van der Waals surface area contributed by atoms with Crippen LogP contribution in [0.2, 0.25) is 0 Å². The van der Waals surface area contributed by atoms with Crippen LogP contribution in [-0.4, -0.2) is 5.11 Å². The Labute approximate surface area is 105 Å². The van der Waals surface area contributed by atoms with Gasteiger partial charge in [-0.05, 0) is 36.5 Å². The van der Waals surface area contributed by atoms with Crippen LogP contribution in [0, 0.1) is 5.41 Å². The van der Waals surface area contributed by atoms with Crippen molar-refractivity contribution >= 4 is 0 Å². The van der Waals surface area contributed by atoms with E-state index in [1.165, 1.54) is 11.1 Å². The number of phenols is 1. The molecule has 1 nitrogen and oxygen atoms in total. The van der Waals surface area contributed by atoms with E-state index in [2.05, 4.69) is 34.3 Å². The summed E-state index contributed by atoms with van der Waals surface area (Å²) in [5.41, 5.74) is 2.76. The predicted molar refractivity (Wildman–Crippen MR) is 74.4 cm³/mol. The zero-order chi connectivity index (χ0) is 13.1. The SMILES string of the molecule is C=C(C)C(CC(C)(C)CC)c1ccc(O)cc1. The highest BCUT2D eigenvalue weighted by Crippen LogP contribution is 2.37. The molecule has 94 valence electrons. The molecule has 0 radical (unpaired) electrons. The summed E-state index contributed by atoms with van der Waals surface area (Å²) < 4.78 is 0. The number of allylic oxidation sites excluding steroid dienone is 1. The van der Waals surface area contributed by atoms with E-state index >= 15 is 0 Å². The van der Waals surface area contributed by atoms with Gasteiger partial charge in [0.2, 0.25) is 0 Å². The van der Waals surface area contributed by atoms with E-state index in [-0.39, 0.29) is 0 Å². The minimum absolute atomic E-state index is 0.321. The minimum atomic E-state index is 0.321. The molecule has 0 bridgehead atoms. The Hall–Kier alpha value is -1.24. The molecule has 0 aliphatic carbocycles. The maximum Gasteiger partial charge on any atom is 0.115 e. The Morgan fingerprint density at radius 3 is 2.24 bits per heavy atom. The molecular formula is C16H24O. The van der Waals surface area contributed by atoms with Gasteiger partial charge < -0.3 is 5.11 Å². The predicted octanol–water partition coefficient (Wildman–Crippen LogP) is 4.88. The van der Waals surface area contributed by atoms with Crippen molar-refractivity contribution in [2.24, 2.45) is 5.41 Å². The summed E-state index contributed by atoms with van der Waals surface area (Å²) in [7, 11) is 0. The molecule has 1 rings (SSSR count). The normalized spacial score (nSPS) is 13.4. The fourth-order valence-corrected chi connectivity index (χ4v) is 1.98. The quantitative estimate of drug-likeness (QED) is 0.717. The second kappa shape index (κ2) is 5.39. The molecule has 0 fully saturated rings. The summed E-state index contributed by atoms with van der Waals surface area (Å²) in [4.78, 5) is 0. The van der Waals surface area contributed by atoms with Gasteiger partial charge in [-0.1, -0.05) is 51.5 Å². The highest BCUT2D eigenvalue weighted by atomic mass is 16.3. The molecule has 0 aromatic heterocycles. The van der Waals surface area contributed by atoms with Crippen molar-refractivity contribution in [3.05, 3.63) is 42.0 Å². The van der Waals surface area contributed by atoms with Gasteiger partial charge in [0.1, 0.15) is 5.75 Å². The van der Waals surface area contributed by atoms with Crippen LogP contribution < -0.4 is 0 Å². The number of hydrogen-bond donors (Lipinski definition) is 1. The molecule has 17 heavy (non-hydrogen) atoms. The molecule has 0 aliphatic rings. The number of rotatable bonds is 5. The van der Waals surface area contributed by atoms with Gasteiger partial charge in [-0.2, -0.15) is 0 Å². The summed E-state index contributed by atoms with van der Waals surface area (Å²) in [5, 5.41) is 9.33. The monoisotopic (exact) mass is 232 g/mol. The van der Waals surface area contributed by atoms with Gasteiger partial charge in [-0.25, -0.2) is 0 Å². The maximum atomic E-state index is 9.33. The van der Waals surface area contributed by atoms with Gasteiger partial charge in [0.25, 0.3) is 0 Å². The van der Waals surface area contributed by atoms with Crippen LogP contribution in [0.3, 0.4) is 0 Å². The topological polar surface area (TPSA) is 20.2 Å². The third kappa shape index (κ3) is 3.92. The third-order valence-electron chi connectivity index (χ3n) is 3.60. The van der Waals surface area contributed by atoms with Crippen molar-refractivity contribution in [1.82, 2.24) is 0 Å². The van der Waals surface area contributed by atoms with Crippen LogP contribution in [0.4, 0.5) is 0 Å². The lowest BCUT2D eigenvalue weighted by Gasteiger charge is -2.29. The molecule has 0 saturated heterocycles.